The number of carboxylic acid groups (broad SMARTS) is 1. The normalized spacial score (nSPS) is 13.5. The Labute approximate surface area is 104 Å². The Morgan fingerprint density at radius 1 is 1.22 bits per heavy atom. The molecule has 104 valence electrons. The monoisotopic (exact) mass is 263 g/mol. The van der Waals surface area contributed by atoms with Crippen LogP contribution in [-0.2, 0) is 24.0 Å². The third-order valence-electron chi connectivity index (χ3n) is 2.16. The van der Waals surface area contributed by atoms with Crippen molar-refractivity contribution in [3.8, 4) is 0 Å². The van der Waals surface area contributed by atoms with Crippen molar-refractivity contribution >= 4 is 17.9 Å². The lowest BCUT2D eigenvalue weighted by Gasteiger charge is -2.20. The van der Waals surface area contributed by atoms with Gasteiger partial charge >= 0.3 is 17.9 Å². The average molecular weight is 263 g/mol. The Kier molecular flexibility index (Phi) is 6.91. The number of hydrogen-bond acceptors (Lipinski definition) is 7. The van der Waals surface area contributed by atoms with Crippen LogP contribution in [0.4, 0.5) is 0 Å². The van der Waals surface area contributed by atoms with Gasteiger partial charge in [-0.3, -0.25) is 9.59 Å². The number of carbonyl (C=O) groups is 3. The first-order valence-corrected chi connectivity index (χ1v) is 5.36. The van der Waals surface area contributed by atoms with Gasteiger partial charge in [-0.1, -0.05) is 13.3 Å². The molecule has 0 spiro atoms. The van der Waals surface area contributed by atoms with Crippen molar-refractivity contribution in [1.82, 2.24) is 0 Å². The van der Waals surface area contributed by atoms with Gasteiger partial charge in [0, 0.05) is 0 Å². The van der Waals surface area contributed by atoms with Crippen LogP contribution in [0.3, 0.4) is 0 Å². The maximum atomic E-state index is 11.3. The van der Waals surface area contributed by atoms with Gasteiger partial charge in [-0.15, -0.1) is 0 Å². The number of aliphatic carboxylic acids is 1. The van der Waals surface area contributed by atoms with Crippen molar-refractivity contribution in [1.29, 1.82) is 0 Å². The fourth-order valence-electron chi connectivity index (χ4n) is 1.11. The second-order valence-electron chi connectivity index (χ2n) is 3.75. The quantitative estimate of drug-likeness (QED) is 0.298. The molecule has 4 N–H and O–H groups in total. The molecule has 0 heterocycles. The molecule has 0 aliphatic heterocycles. The summed E-state index contributed by atoms with van der Waals surface area (Å²) in [5.41, 5.74) is -2.57. The zero-order chi connectivity index (χ0) is 14.2. The van der Waals surface area contributed by atoms with Crippen molar-refractivity contribution in [2.45, 2.75) is 38.2 Å². The van der Waals surface area contributed by atoms with E-state index < -0.39 is 36.4 Å². The lowest BCUT2D eigenvalue weighted by molar-refractivity contribution is -0.173. The van der Waals surface area contributed by atoms with Gasteiger partial charge in [0.15, 0.2) is 5.60 Å². The van der Waals surface area contributed by atoms with E-state index >= 15 is 0 Å². The predicted molar refractivity (Wildman–Crippen MR) is 58.0 cm³/mol. The molecular formula is C10H17NO7. The smallest absolute Gasteiger partial charge is 0.336 e. The molecule has 0 amide bonds. The Bertz CT molecular complexity index is 317. The Hall–Kier alpha value is -1.67. The van der Waals surface area contributed by atoms with Crippen LogP contribution in [0.25, 0.3) is 0 Å². The van der Waals surface area contributed by atoms with Gasteiger partial charge in [0.05, 0.1) is 19.4 Å². The van der Waals surface area contributed by atoms with Crippen molar-refractivity contribution in [2.75, 3.05) is 6.61 Å². The highest BCUT2D eigenvalue weighted by atomic mass is 16.7. The van der Waals surface area contributed by atoms with Crippen LogP contribution in [0.15, 0.2) is 0 Å². The van der Waals surface area contributed by atoms with Crippen molar-refractivity contribution in [2.24, 2.45) is 5.90 Å². The molecule has 1 atom stereocenters. The van der Waals surface area contributed by atoms with E-state index in [0.717, 1.165) is 6.42 Å². The highest BCUT2D eigenvalue weighted by Crippen LogP contribution is 2.17. The minimum absolute atomic E-state index is 0.131. The molecule has 0 aliphatic rings. The number of aliphatic hydroxyl groups is 1. The van der Waals surface area contributed by atoms with E-state index in [9.17, 15) is 19.5 Å². The summed E-state index contributed by atoms with van der Waals surface area (Å²) in [5, 5.41) is 18.5. The lowest BCUT2D eigenvalue weighted by atomic mass is 9.96. The molecule has 0 rings (SSSR count). The highest BCUT2D eigenvalue weighted by molar-refractivity contribution is 5.88. The number of unbranched alkanes of at least 4 members (excludes halogenated alkanes) is 1. The van der Waals surface area contributed by atoms with Gasteiger partial charge in [0.1, 0.15) is 0 Å². The summed E-state index contributed by atoms with van der Waals surface area (Å²) in [6.07, 6.45) is -0.346. The number of rotatable bonds is 8. The van der Waals surface area contributed by atoms with Gasteiger partial charge < -0.3 is 19.8 Å². The van der Waals surface area contributed by atoms with Crippen molar-refractivity contribution < 1.29 is 34.2 Å². The first-order valence-electron chi connectivity index (χ1n) is 5.36. The standard InChI is InChI=1S/C10H17NO7/c1-2-3-4-17-7(12)5-10(16,9(14)15)6-8(13)18-11/h16H,2-6,11H2,1H3,(H,14,15). The largest absolute Gasteiger partial charge is 0.479 e. The third-order valence-corrected chi connectivity index (χ3v) is 2.16. The fraction of sp³-hybridized carbons (Fsp3) is 0.700. The number of hydrogen-bond donors (Lipinski definition) is 3. The molecule has 0 aromatic carbocycles. The van der Waals surface area contributed by atoms with E-state index in [1.165, 1.54) is 0 Å². The zero-order valence-corrected chi connectivity index (χ0v) is 10.0. The number of carbonyl (C=O) groups excluding carboxylic acids is 2. The van der Waals surface area contributed by atoms with Crippen molar-refractivity contribution in [3.63, 3.8) is 0 Å². The van der Waals surface area contributed by atoms with Crippen LogP contribution in [-0.4, -0.2) is 40.3 Å². The molecule has 0 radical (unpaired) electrons. The molecule has 1 unspecified atom stereocenters. The molecule has 0 aromatic heterocycles. The minimum atomic E-state index is -2.57. The van der Waals surface area contributed by atoms with E-state index in [1.54, 1.807) is 0 Å². The van der Waals surface area contributed by atoms with Gasteiger partial charge in [-0.25, -0.2) is 4.79 Å². The number of nitrogens with two attached hydrogens (primary N) is 1. The van der Waals surface area contributed by atoms with Crippen LogP contribution in [0.5, 0.6) is 0 Å². The van der Waals surface area contributed by atoms with E-state index in [4.69, 9.17) is 9.84 Å². The number of carboxylic acids is 1. The topological polar surface area (TPSA) is 136 Å². The summed E-state index contributed by atoms with van der Waals surface area (Å²) >= 11 is 0. The van der Waals surface area contributed by atoms with Gasteiger partial charge in [0.2, 0.25) is 0 Å². The maximum absolute atomic E-state index is 11.3. The maximum Gasteiger partial charge on any atom is 0.336 e. The van der Waals surface area contributed by atoms with Gasteiger partial charge in [-0.2, -0.15) is 5.90 Å². The summed E-state index contributed by atoms with van der Waals surface area (Å²) in [6.45, 7) is 2.02. The average Bonchev–Trinajstić information content (AvgIpc) is 2.28. The molecule has 8 heteroatoms. The second kappa shape index (κ2) is 7.62. The van der Waals surface area contributed by atoms with Crippen LogP contribution in [0.1, 0.15) is 32.6 Å². The predicted octanol–water partition coefficient (Wildman–Crippen LogP) is -0.657. The molecule has 0 saturated carbocycles. The van der Waals surface area contributed by atoms with Crippen LogP contribution in [0, 0.1) is 0 Å². The summed E-state index contributed by atoms with van der Waals surface area (Å²) in [7, 11) is 0. The van der Waals surface area contributed by atoms with Crippen molar-refractivity contribution in [3.05, 3.63) is 0 Å². The molecular weight excluding hydrogens is 246 g/mol. The first kappa shape index (κ1) is 16.3. The highest BCUT2D eigenvalue weighted by Gasteiger charge is 2.41. The van der Waals surface area contributed by atoms with E-state index in [1.807, 2.05) is 6.92 Å². The molecule has 0 bridgehead atoms. The van der Waals surface area contributed by atoms with Gasteiger partial charge in [0.25, 0.3) is 0 Å². The second-order valence-corrected chi connectivity index (χ2v) is 3.75. The van der Waals surface area contributed by atoms with E-state index in [-0.39, 0.29) is 6.61 Å². The molecule has 8 nitrogen and oxygen atoms in total. The molecule has 18 heavy (non-hydrogen) atoms. The fourth-order valence-corrected chi connectivity index (χ4v) is 1.11. The number of ether oxygens (including phenoxy) is 1. The lowest BCUT2D eigenvalue weighted by Crippen LogP contribution is -2.43. The Morgan fingerprint density at radius 3 is 2.22 bits per heavy atom. The van der Waals surface area contributed by atoms with E-state index in [2.05, 4.69) is 10.7 Å². The zero-order valence-electron chi connectivity index (χ0n) is 10.0. The van der Waals surface area contributed by atoms with Crippen LogP contribution < -0.4 is 5.90 Å². The Morgan fingerprint density at radius 2 is 1.78 bits per heavy atom. The summed E-state index contributed by atoms with van der Waals surface area (Å²) < 4.78 is 4.70. The van der Waals surface area contributed by atoms with E-state index in [0.29, 0.717) is 6.42 Å². The first-order chi connectivity index (χ1) is 8.35. The molecule has 0 aliphatic carbocycles. The summed E-state index contributed by atoms with van der Waals surface area (Å²) in [4.78, 5) is 36.7. The molecule has 0 saturated heterocycles. The SMILES string of the molecule is CCCCOC(=O)CC(O)(CC(=O)ON)C(=O)O. The van der Waals surface area contributed by atoms with Crippen LogP contribution in [0.2, 0.25) is 0 Å². The summed E-state index contributed by atoms with van der Waals surface area (Å²) in [6, 6.07) is 0. The third kappa shape index (κ3) is 5.60. The molecule has 0 aromatic rings. The number of esters is 1. The van der Waals surface area contributed by atoms with Crippen LogP contribution >= 0.6 is 0 Å². The van der Waals surface area contributed by atoms with Gasteiger partial charge in [-0.05, 0) is 6.42 Å². The Balaban J connectivity index is 4.47. The summed E-state index contributed by atoms with van der Waals surface area (Å²) in [5.74, 6) is 0.775. The molecule has 0 fully saturated rings. The minimum Gasteiger partial charge on any atom is -0.479 e.